The zero-order valence-corrected chi connectivity index (χ0v) is 19.9. The van der Waals surface area contributed by atoms with Gasteiger partial charge in [0, 0.05) is 45.5 Å². The summed E-state index contributed by atoms with van der Waals surface area (Å²) in [6.07, 6.45) is 4.24. The van der Waals surface area contributed by atoms with Crippen molar-refractivity contribution in [2.24, 2.45) is 0 Å². The topological polar surface area (TPSA) is 81.4 Å². The number of thiocarbonyl (C=S) groups is 1. The number of piperazine rings is 1. The fourth-order valence-corrected chi connectivity index (χ4v) is 5.28. The number of aromatic nitrogens is 2. The predicted octanol–water partition coefficient (Wildman–Crippen LogP) is 1.73. The maximum atomic E-state index is 13.5. The summed E-state index contributed by atoms with van der Waals surface area (Å²) in [7, 11) is 0. The van der Waals surface area contributed by atoms with Crippen molar-refractivity contribution in [1.29, 1.82) is 0 Å². The van der Waals surface area contributed by atoms with Gasteiger partial charge in [0.2, 0.25) is 0 Å². The smallest absolute Gasteiger partial charge is 0.267 e. The number of β-amino-alcohol motifs (C(OH)–C–C–N with tert-alkyl or cyclic N) is 1. The molecule has 0 saturated carbocycles. The SMILES string of the molecule is CCCN1C(=O)C(=Cc2c(N3CCN(CCO)CC3)nc3ccc(C)cn3c2=O)SC1=S. The molecule has 170 valence electrons. The van der Waals surface area contributed by atoms with Crippen LogP contribution in [0.1, 0.15) is 24.5 Å². The maximum Gasteiger partial charge on any atom is 0.267 e. The van der Waals surface area contributed by atoms with E-state index in [1.165, 1.54) is 11.8 Å². The van der Waals surface area contributed by atoms with Crippen molar-refractivity contribution in [2.75, 3.05) is 50.8 Å². The third kappa shape index (κ3) is 4.45. The summed E-state index contributed by atoms with van der Waals surface area (Å²) >= 11 is 6.63. The Balaban J connectivity index is 1.79. The fraction of sp³-hybridized carbons (Fsp3) is 0.455. The fourth-order valence-electron chi connectivity index (χ4n) is 3.99. The van der Waals surface area contributed by atoms with Gasteiger partial charge >= 0.3 is 0 Å². The zero-order chi connectivity index (χ0) is 22.8. The Morgan fingerprint density at radius 1 is 1.19 bits per heavy atom. The molecule has 32 heavy (non-hydrogen) atoms. The Labute approximate surface area is 196 Å². The van der Waals surface area contributed by atoms with Crippen molar-refractivity contribution >= 4 is 51.7 Å². The number of carbonyl (C=O) groups is 1. The largest absolute Gasteiger partial charge is 0.395 e. The van der Waals surface area contributed by atoms with E-state index in [0.717, 1.165) is 25.1 Å². The molecule has 2 saturated heterocycles. The normalized spacial score (nSPS) is 19.0. The van der Waals surface area contributed by atoms with E-state index in [1.807, 2.05) is 26.0 Å². The van der Waals surface area contributed by atoms with E-state index in [4.69, 9.17) is 17.2 Å². The highest BCUT2D eigenvalue weighted by atomic mass is 32.2. The van der Waals surface area contributed by atoms with Crippen LogP contribution in [-0.2, 0) is 4.79 Å². The van der Waals surface area contributed by atoms with E-state index < -0.39 is 0 Å². The van der Waals surface area contributed by atoms with Gasteiger partial charge < -0.3 is 10.0 Å². The van der Waals surface area contributed by atoms with Crippen LogP contribution in [0.2, 0.25) is 0 Å². The Bertz CT molecular complexity index is 1140. The van der Waals surface area contributed by atoms with Gasteiger partial charge in [-0.3, -0.25) is 23.8 Å². The number of hydrogen-bond acceptors (Lipinski definition) is 8. The number of amides is 1. The molecule has 1 amide bonds. The van der Waals surface area contributed by atoms with Gasteiger partial charge in [0.25, 0.3) is 11.5 Å². The van der Waals surface area contributed by atoms with Gasteiger partial charge in [-0.25, -0.2) is 4.98 Å². The first-order valence-corrected chi connectivity index (χ1v) is 12.0. The first-order valence-electron chi connectivity index (χ1n) is 10.8. The Morgan fingerprint density at radius 3 is 2.62 bits per heavy atom. The molecule has 2 aromatic rings. The number of aliphatic hydroxyl groups is 1. The van der Waals surface area contributed by atoms with Crippen LogP contribution in [-0.4, -0.2) is 80.4 Å². The van der Waals surface area contributed by atoms with Crippen molar-refractivity contribution in [1.82, 2.24) is 19.2 Å². The molecule has 0 atom stereocenters. The summed E-state index contributed by atoms with van der Waals surface area (Å²) in [5.74, 6) is 0.428. The molecule has 0 radical (unpaired) electrons. The highest BCUT2D eigenvalue weighted by Crippen LogP contribution is 2.33. The maximum absolute atomic E-state index is 13.5. The van der Waals surface area contributed by atoms with E-state index >= 15 is 0 Å². The molecule has 0 aromatic carbocycles. The number of pyridine rings is 1. The van der Waals surface area contributed by atoms with E-state index in [9.17, 15) is 14.7 Å². The minimum atomic E-state index is -0.202. The number of nitrogens with zero attached hydrogens (tertiary/aromatic N) is 5. The van der Waals surface area contributed by atoms with Gasteiger partial charge in [-0.1, -0.05) is 37.0 Å². The lowest BCUT2D eigenvalue weighted by atomic mass is 10.2. The Hall–Kier alpha value is -2.27. The number of thioether (sulfide) groups is 1. The van der Waals surface area contributed by atoms with E-state index in [-0.39, 0.29) is 18.1 Å². The summed E-state index contributed by atoms with van der Waals surface area (Å²) in [4.78, 5) is 37.6. The van der Waals surface area contributed by atoms with Gasteiger partial charge in [-0.05, 0) is 31.1 Å². The second-order valence-corrected chi connectivity index (χ2v) is 9.65. The summed E-state index contributed by atoms with van der Waals surface area (Å²) in [5, 5.41) is 9.22. The van der Waals surface area contributed by atoms with Crippen LogP contribution < -0.4 is 10.5 Å². The van der Waals surface area contributed by atoms with Crippen LogP contribution in [0.5, 0.6) is 0 Å². The van der Waals surface area contributed by atoms with Crippen LogP contribution in [0.15, 0.2) is 28.0 Å². The molecule has 4 rings (SSSR count). The van der Waals surface area contributed by atoms with Crippen molar-refractivity contribution in [3.8, 4) is 0 Å². The van der Waals surface area contributed by atoms with E-state index in [0.29, 0.717) is 52.4 Å². The van der Waals surface area contributed by atoms with Gasteiger partial charge in [-0.2, -0.15) is 0 Å². The zero-order valence-electron chi connectivity index (χ0n) is 18.3. The van der Waals surface area contributed by atoms with Crippen molar-refractivity contribution in [3.05, 3.63) is 44.7 Å². The quantitative estimate of drug-likeness (QED) is 0.502. The van der Waals surface area contributed by atoms with Crippen LogP contribution in [0.3, 0.4) is 0 Å². The average molecular weight is 474 g/mol. The summed E-state index contributed by atoms with van der Waals surface area (Å²) in [6, 6.07) is 3.77. The summed E-state index contributed by atoms with van der Waals surface area (Å²) in [5.41, 5.74) is 1.73. The molecule has 1 N–H and O–H groups in total. The number of rotatable bonds is 6. The monoisotopic (exact) mass is 473 g/mol. The standard InChI is InChI=1S/C22H27N5O3S2/c1-3-6-26-21(30)17(32-22(26)31)13-16-19(25-9-7-24(8-10-25)11-12-28)23-18-5-4-15(2)14-27(18)20(16)29/h4-5,13-14,28H,3,6-12H2,1-2H3. The number of anilines is 1. The molecule has 4 heterocycles. The molecular weight excluding hydrogens is 446 g/mol. The summed E-state index contributed by atoms with van der Waals surface area (Å²) < 4.78 is 2.06. The molecule has 2 aliphatic heterocycles. The van der Waals surface area contributed by atoms with E-state index in [1.54, 1.807) is 21.6 Å². The van der Waals surface area contributed by atoms with Crippen LogP contribution in [0.25, 0.3) is 11.7 Å². The minimum Gasteiger partial charge on any atom is -0.395 e. The number of carbonyl (C=O) groups excluding carboxylic acids is 1. The minimum absolute atomic E-state index is 0.125. The van der Waals surface area contributed by atoms with E-state index in [2.05, 4.69) is 9.80 Å². The van der Waals surface area contributed by atoms with Crippen LogP contribution >= 0.6 is 24.0 Å². The second kappa shape index (κ2) is 9.70. The number of hydrogen-bond donors (Lipinski definition) is 1. The molecule has 0 aliphatic carbocycles. The molecule has 10 heteroatoms. The molecule has 2 aromatic heterocycles. The highest BCUT2D eigenvalue weighted by molar-refractivity contribution is 8.26. The van der Waals surface area contributed by atoms with Crippen molar-refractivity contribution < 1.29 is 9.90 Å². The molecule has 2 aliphatic rings. The number of aryl methyl sites for hydroxylation is 1. The van der Waals surface area contributed by atoms with Gasteiger partial charge in [0.15, 0.2) is 0 Å². The van der Waals surface area contributed by atoms with Crippen molar-refractivity contribution in [3.63, 3.8) is 0 Å². The van der Waals surface area contributed by atoms with Gasteiger partial charge in [-0.15, -0.1) is 0 Å². The van der Waals surface area contributed by atoms with Gasteiger partial charge in [0.05, 0.1) is 17.1 Å². The highest BCUT2D eigenvalue weighted by Gasteiger charge is 2.32. The lowest BCUT2D eigenvalue weighted by Crippen LogP contribution is -2.48. The molecular formula is C22H27N5O3S2. The Kier molecular flexibility index (Phi) is 6.94. The van der Waals surface area contributed by atoms with Crippen LogP contribution in [0, 0.1) is 6.92 Å². The molecule has 0 spiro atoms. The van der Waals surface area contributed by atoms with Gasteiger partial charge in [0.1, 0.15) is 15.8 Å². The number of aliphatic hydroxyl groups excluding tert-OH is 1. The molecule has 0 bridgehead atoms. The first kappa shape index (κ1) is 22.9. The van der Waals surface area contributed by atoms with Crippen LogP contribution in [0.4, 0.5) is 5.82 Å². The number of fused-ring (bicyclic) bond motifs is 1. The predicted molar refractivity (Wildman–Crippen MR) is 132 cm³/mol. The van der Waals surface area contributed by atoms with Crippen molar-refractivity contribution in [2.45, 2.75) is 20.3 Å². The molecule has 8 nitrogen and oxygen atoms in total. The second-order valence-electron chi connectivity index (χ2n) is 7.97. The molecule has 0 unspecified atom stereocenters. The third-order valence-electron chi connectivity index (χ3n) is 5.67. The molecule has 2 fully saturated rings. The lowest BCUT2D eigenvalue weighted by Gasteiger charge is -2.35. The lowest BCUT2D eigenvalue weighted by molar-refractivity contribution is -0.122. The average Bonchev–Trinajstić information content (AvgIpc) is 3.04. The third-order valence-corrected chi connectivity index (χ3v) is 7.05. The summed E-state index contributed by atoms with van der Waals surface area (Å²) in [6.45, 7) is 8.16. The first-order chi connectivity index (χ1) is 15.4. The Morgan fingerprint density at radius 2 is 1.94 bits per heavy atom.